The van der Waals surface area contributed by atoms with Gasteiger partial charge in [0.05, 0.1) is 3.92 Å². The van der Waals surface area contributed by atoms with Gasteiger partial charge in [-0.2, -0.15) is 0 Å². The van der Waals surface area contributed by atoms with Crippen molar-refractivity contribution in [1.29, 1.82) is 0 Å². The molecule has 2 aliphatic carbocycles. The Morgan fingerprint density at radius 1 is 1.04 bits per heavy atom. The topological polar surface area (TPSA) is 18.5 Å². The number of hydrogen-bond donors (Lipinski definition) is 0. The van der Waals surface area contributed by atoms with Gasteiger partial charge in [0.2, 0.25) is 0 Å². The van der Waals surface area contributed by atoms with Gasteiger partial charge in [0.25, 0.3) is 0 Å². The summed E-state index contributed by atoms with van der Waals surface area (Å²) >= 11 is 2.50. The second kappa shape index (κ2) is 5.87. The van der Waals surface area contributed by atoms with Crippen molar-refractivity contribution in [3.63, 3.8) is 0 Å². The number of rotatable bonds is 2. The highest BCUT2D eigenvalue weighted by molar-refractivity contribution is 14.1. The van der Waals surface area contributed by atoms with E-state index in [1.807, 2.05) is 0 Å². The second-order valence-corrected chi connectivity index (χ2v) is 7.97. The largest absolute Gasteiger partial charge is 0.352 e. The number of ether oxygens (including phenoxy) is 2. The van der Waals surface area contributed by atoms with Gasteiger partial charge in [-0.1, -0.05) is 71.1 Å². The first kappa shape index (κ1) is 15.6. The molecular formula is C20H21IO2. The lowest BCUT2D eigenvalue weighted by Gasteiger charge is -2.50. The molecule has 0 saturated heterocycles. The maximum absolute atomic E-state index is 6.01. The van der Waals surface area contributed by atoms with E-state index < -0.39 is 5.79 Å². The zero-order valence-electron chi connectivity index (χ0n) is 13.5. The summed E-state index contributed by atoms with van der Waals surface area (Å²) in [5.74, 6) is 0.179. The molecule has 0 amide bonds. The van der Waals surface area contributed by atoms with Crippen molar-refractivity contribution in [3.05, 3.63) is 53.6 Å². The SMILES string of the molecule is COC1(OC)C(I)CCC2C=Cc3c(ccc4ccccc34)C21. The molecule has 3 atom stereocenters. The number of methoxy groups -OCH3 is 2. The van der Waals surface area contributed by atoms with Gasteiger partial charge in [0, 0.05) is 20.1 Å². The molecule has 2 aromatic rings. The molecule has 0 aromatic heterocycles. The predicted molar refractivity (Wildman–Crippen MR) is 103 cm³/mol. The minimum Gasteiger partial charge on any atom is -0.352 e. The highest BCUT2D eigenvalue weighted by Crippen LogP contribution is 2.53. The van der Waals surface area contributed by atoms with Crippen LogP contribution in [0.15, 0.2) is 42.5 Å². The van der Waals surface area contributed by atoms with Crippen LogP contribution in [-0.4, -0.2) is 23.9 Å². The first-order valence-corrected chi connectivity index (χ1v) is 9.40. The molecule has 0 bridgehead atoms. The van der Waals surface area contributed by atoms with E-state index in [0.29, 0.717) is 9.84 Å². The Morgan fingerprint density at radius 2 is 1.83 bits per heavy atom. The van der Waals surface area contributed by atoms with Gasteiger partial charge in [0.15, 0.2) is 5.79 Å². The maximum atomic E-state index is 6.01. The number of benzene rings is 2. The molecular weight excluding hydrogens is 399 g/mol. The average molecular weight is 420 g/mol. The molecule has 0 radical (unpaired) electrons. The summed E-state index contributed by atoms with van der Waals surface area (Å²) in [6, 6.07) is 13.1. The first-order valence-electron chi connectivity index (χ1n) is 8.15. The predicted octanol–water partition coefficient (Wildman–Crippen LogP) is 5.15. The minimum atomic E-state index is -0.550. The zero-order valence-corrected chi connectivity index (χ0v) is 15.6. The van der Waals surface area contributed by atoms with Gasteiger partial charge >= 0.3 is 0 Å². The normalized spacial score (nSPS) is 28.4. The fourth-order valence-electron chi connectivity index (χ4n) is 4.44. The third-order valence-corrected chi connectivity index (χ3v) is 7.03. The summed E-state index contributed by atoms with van der Waals surface area (Å²) in [6.45, 7) is 0. The van der Waals surface area contributed by atoms with E-state index in [2.05, 4.69) is 71.1 Å². The Hall–Kier alpha value is -0.910. The molecule has 2 aliphatic rings. The Kier molecular flexibility index (Phi) is 3.98. The number of alkyl halides is 1. The quantitative estimate of drug-likeness (QED) is 0.380. The highest BCUT2D eigenvalue weighted by Gasteiger charge is 2.53. The second-order valence-electron chi connectivity index (χ2n) is 6.46. The zero-order chi connectivity index (χ0) is 16.0. The summed E-state index contributed by atoms with van der Waals surface area (Å²) < 4.78 is 12.4. The van der Waals surface area contributed by atoms with Gasteiger partial charge < -0.3 is 9.47 Å². The van der Waals surface area contributed by atoms with Crippen molar-refractivity contribution in [1.82, 2.24) is 0 Å². The summed E-state index contributed by atoms with van der Waals surface area (Å²) in [5, 5.41) is 2.60. The van der Waals surface area contributed by atoms with Gasteiger partial charge in [-0.05, 0) is 40.7 Å². The summed E-state index contributed by atoms with van der Waals surface area (Å²) in [6.07, 6.45) is 6.99. The lowest BCUT2D eigenvalue weighted by molar-refractivity contribution is -0.234. The Labute approximate surface area is 151 Å². The van der Waals surface area contributed by atoms with Crippen LogP contribution in [0.4, 0.5) is 0 Å². The van der Waals surface area contributed by atoms with E-state index in [1.165, 1.54) is 28.3 Å². The van der Waals surface area contributed by atoms with Gasteiger partial charge in [0.1, 0.15) is 0 Å². The van der Waals surface area contributed by atoms with Crippen LogP contribution in [0.1, 0.15) is 29.9 Å². The third kappa shape index (κ3) is 2.20. The molecule has 4 rings (SSSR count). The van der Waals surface area contributed by atoms with E-state index in [-0.39, 0.29) is 5.92 Å². The van der Waals surface area contributed by atoms with E-state index >= 15 is 0 Å². The van der Waals surface area contributed by atoms with Crippen LogP contribution in [0.2, 0.25) is 0 Å². The molecule has 1 saturated carbocycles. The molecule has 2 aromatic carbocycles. The van der Waals surface area contributed by atoms with Crippen LogP contribution < -0.4 is 0 Å². The van der Waals surface area contributed by atoms with Crippen LogP contribution in [0.5, 0.6) is 0 Å². The summed E-state index contributed by atoms with van der Waals surface area (Å²) in [7, 11) is 3.58. The molecule has 0 aliphatic heterocycles. The molecule has 3 unspecified atom stereocenters. The van der Waals surface area contributed by atoms with E-state index in [1.54, 1.807) is 14.2 Å². The number of fused-ring (bicyclic) bond motifs is 5. The van der Waals surface area contributed by atoms with Crippen LogP contribution >= 0.6 is 22.6 Å². The Bertz CT molecular complexity index is 763. The van der Waals surface area contributed by atoms with Crippen molar-refractivity contribution < 1.29 is 9.47 Å². The van der Waals surface area contributed by atoms with Crippen molar-refractivity contribution in [3.8, 4) is 0 Å². The van der Waals surface area contributed by atoms with Crippen LogP contribution in [-0.2, 0) is 9.47 Å². The van der Waals surface area contributed by atoms with Crippen molar-refractivity contribution in [2.75, 3.05) is 14.2 Å². The van der Waals surface area contributed by atoms with Gasteiger partial charge in [-0.15, -0.1) is 0 Å². The first-order chi connectivity index (χ1) is 11.2. The fraction of sp³-hybridized carbons (Fsp3) is 0.400. The molecule has 2 nitrogen and oxygen atoms in total. The number of hydrogen-bond acceptors (Lipinski definition) is 2. The standard InChI is InChI=1S/C20H21IO2/c1-22-20(23-2)18(21)12-9-14-8-10-16-15-6-4-3-5-13(15)7-11-17(16)19(14)20/h3-8,10-11,14,18-19H,9,12H2,1-2H3. The van der Waals surface area contributed by atoms with Crippen molar-refractivity contribution >= 4 is 39.4 Å². The van der Waals surface area contributed by atoms with Crippen LogP contribution in [0, 0.1) is 5.92 Å². The molecule has 23 heavy (non-hydrogen) atoms. The molecule has 0 spiro atoms. The highest BCUT2D eigenvalue weighted by atomic mass is 127. The van der Waals surface area contributed by atoms with Crippen molar-refractivity contribution in [2.24, 2.45) is 5.92 Å². The monoisotopic (exact) mass is 420 g/mol. The Balaban J connectivity index is 1.96. The van der Waals surface area contributed by atoms with Gasteiger partial charge in [-0.3, -0.25) is 0 Å². The fourth-order valence-corrected chi connectivity index (χ4v) is 5.69. The molecule has 3 heteroatoms. The lowest BCUT2D eigenvalue weighted by atomic mass is 9.67. The van der Waals surface area contributed by atoms with E-state index in [0.717, 1.165) is 6.42 Å². The van der Waals surface area contributed by atoms with E-state index in [9.17, 15) is 0 Å². The summed E-state index contributed by atoms with van der Waals surface area (Å²) in [5.41, 5.74) is 2.69. The molecule has 0 heterocycles. The van der Waals surface area contributed by atoms with Crippen LogP contribution in [0.25, 0.3) is 16.8 Å². The smallest absolute Gasteiger partial charge is 0.186 e. The van der Waals surface area contributed by atoms with Gasteiger partial charge in [-0.25, -0.2) is 0 Å². The number of halogens is 1. The lowest BCUT2D eigenvalue weighted by Crippen LogP contribution is -2.54. The minimum absolute atomic E-state index is 0.248. The molecule has 120 valence electrons. The average Bonchev–Trinajstić information content (AvgIpc) is 2.61. The van der Waals surface area contributed by atoms with Crippen LogP contribution in [0.3, 0.4) is 0 Å². The number of allylic oxidation sites excluding steroid dienone is 1. The Morgan fingerprint density at radius 3 is 2.61 bits per heavy atom. The van der Waals surface area contributed by atoms with Crippen molar-refractivity contribution in [2.45, 2.75) is 28.5 Å². The maximum Gasteiger partial charge on any atom is 0.186 e. The molecule has 1 fully saturated rings. The third-order valence-electron chi connectivity index (χ3n) is 5.54. The summed E-state index contributed by atoms with van der Waals surface area (Å²) in [4.78, 5) is 0. The molecule has 0 N–H and O–H groups in total. The van der Waals surface area contributed by atoms with E-state index in [4.69, 9.17) is 9.47 Å².